The van der Waals surface area contributed by atoms with E-state index in [1.807, 2.05) is 19.9 Å². The number of nitrogens with zero attached hydrogens (tertiary/aromatic N) is 3. The lowest BCUT2D eigenvalue weighted by molar-refractivity contribution is -0.119. The van der Waals surface area contributed by atoms with Crippen molar-refractivity contribution < 1.29 is 19.1 Å². The Morgan fingerprint density at radius 3 is 2.42 bits per heavy atom. The number of hydrogen-bond acceptors (Lipinski definition) is 7. The Hall–Kier alpha value is -3.38. The summed E-state index contributed by atoms with van der Waals surface area (Å²) in [7, 11) is 0. The molecule has 2 amide bonds. The molecule has 1 fully saturated rings. The highest BCUT2D eigenvalue weighted by molar-refractivity contribution is 7.98. The van der Waals surface area contributed by atoms with Crippen LogP contribution in [0.25, 0.3) is 0 Å². The molecule has 1 aliphatic carbocycles. The van der Waals surface area contributed by atoms with Crippen molar-refractivity contribution in [3.63, 3.8) is 0 Å². The largest absolute Gasteiger partial charge is 0.452 e. The first-order valence-corrected chi connectivity index (χ1v) is 12.0. The second-order valence-corrected chi connectivity index (χ2v) is 8.34. The number of ether oxygens (including phenoxy) is 1. The molecule has 0 saturated heterocycles. The van der Waals surface area contributed by atoms with Crippen molar-refractivity contribution in [1.29, 1.82) is 5.26 Å². The quantitative estimate of drug-likeness (QED) is 0.441. The Labute approximate surface area is 197 Å². The second kappa shape index (κ2) is 11.0. The molecule has 172 valence electrons. The van der Waals surface area contributed by atoms with Crippen molar-refractivity contribution in [2.75, 3.05) is 31.3 Å². The summed E-state index contributed by atoms with van der Waals surface area (Å²) >= 11 is 1.30. The molecule has 1 aliphatic rings. The van der Waals surface area contributed by atoms with Crippen LogP contribution in [-0.2, 0) is 9.53 Å². The van der Waals surface area contributed by atoms with E-state index in [1.54, 1.807) is 41.5 Å². The molecule has 9 heteroatoms. The minimum atomic E-state index is -0.735. The lowest BCUT2D eigenvalue weighted by atomic mass is 10.1. The van der Waals surface area contributed by atoms with Gasteiger partial charge in [0.05, 0.1) is 11.1 Å². The van der Waals surface area contributed by atoms with Crippen molar-refractivity contribution >= 4 is 35.2 Å². The minimum Gasteiger partial charge on any atom is -0.452 e. The number of amides is 2. The number of esters is 1. The highest BCUT2D eigenvalue weighted by atomic mass is 32.2. The summed E-state index contributed by atoms with van der Waals surface area (Å²) in [5.74, 6) is -1.03. The van der Waals surface area contributed by atoms with Gasteiger partial charge in [-0.1, -0.05) is 0 Å². The zero-order chi connectivity index (χ0) is 24.0. The van der Waals surface area contributed by atoms with Gasteiger partial charge in [0.1, 0.15) is 11.1 Å². The van der Waals surface area contributed by atoms with Gasteiger partial charge < -0.3 is 15.0 Å². The summed E-state index contributed by atoms with van der Waals surface area (Å²) in [5, 5.41) is 12.6. The van der Waals surface area contributed by atoms with Gasteiger partial charge in [-0.2, -0.15) is 5.26 Å². The normalized spacial score (nSPS) is 12.5. The topological polar surface area (TPSA) is 112 Å². The third-order valence-corrected chi connectivity index (χ3v) is 6.01. The Balaban J connectivity index is 1.62. The first-order valence-electron chi connectivity index (χ1n) is 10.8. The SMILES string of the molecule is CCN(CC)C(=O)c1ccc(NC(=O)COC(=O)c2cc(C3CC3)nc(SC)c2C#N)cc1. The maximum absolute atomic E-state index is 12.7. The van der Waals surface area contributed by atoms with E-state index in [4.69, 9.17) is 4.74 Å². The summed E-state index contributed by atoms with van der Waals surface area (Å²) < 4.78 is 5.18. The van der Waals surface area contributed by atoms with Crippen molar-refractivity contribution in [2.45, 2.75) is 37.6 Å². The van der Waals surface area contributed by atoms with Gasteiger partial charge >= 0.3 is 5.97 Å². The predicted molar refractivity (Wildman–Crippen MR) is 125 cm³/mol. The van der Waals surface area contributed by atoms with Crippen molar-refractivity contribution in [3.05, 3.63) is 52.7 Å². The van der Waals surface area contributed by atoms with Crippen LogP contribution >= 0.6 is 11.8 Å². The Bertz CT molecular complexity index is 1090. The third kappa shape index (κ3) is 5.90. The molecular formula is C24H26N4O4S. The van der Waals surface area contributed by atoms with Gasteiger partial charge in [-0.25, -0.2) is 9.78 Å². The highest BCUT2D eigenvalue weighted by Crippen LogP contribution is 2.40. The average Bonchev–Trinajstić information content (AvgIpc) is 3.68. The van der Waals surface area contributed by atoms with Crippen LogP contribution < -0.4 is 5.32 Å². The highest BCUT2D eigenvalue weighted by Gasteiger charge is 2.29. The van der Waals surface area contributed by atoms with E-state index in [1.165, 1.54) is 11.8 Å². The van der Waals surface area contributed by atoms with Gasteiger partial charge in [-0.05, 0) is 63.3 Å². The Morgan fingerprint density at radius 2 is 1.88 bits per heavy atom. The number of benzene rings is 1. The van der Waals surface area contributed by atoms with E-state index in [2.05, 4.69) is 10.3 Å². The molecule has 0 atom stereocenters. The summed E-state index contributed by atoms with van der Waals surface area (Å²) in [4.78, 5) is 43.5. The number of aromatic nitrogens is 1. The molecule has 1 aromatic carbocycles. The molecule has 1 heterocycles. The maximum atomic E-state index is 12.7. The van der Waals surface area contributed by atoms with E-state index in [-0.39, 0.29) is 17.0 Å². The summed E-state index contributed by atoms with van der Waals surface area (Å²) in [6.45, 7) is 4.56. The van der Waals surface area contributed by atoms with Gasteiger partial charge in [-0.15, -0.1) is 11.8 Å². The Morgan fingerprint density at radius 1 is 1.21 bits per heavy atom. The van der Waals surface area contributed by atoms with Gasteiger partial charge in [0.25, 0.3) is 11.8 Å². The molecule has 2 aromatic rings. The van der Waals surface area contributed by atoms with Crippen LogP contribution in [0.3, 0.4) is 0 Å². The first-order chi connectivity index (χ1) is 15.9. The van der Waals surface area contributed by atoms with Gasteiger partial charge in [0.15, 0.2) is 6.61 Å². The fourth-order valence-corrected chi connectivity index (χ4v) is 3.90. The number of carbonyl (C=O) groups excluding carboxylic acids is 3. The predicted octanol–water partition coefficient (Wildman–Crippen LogP) is 3.83. The van der Waals surface area contributed by atoms with E-state index in [9.17, 15) is 19.6 Å². The van der Waals surface area contributed by atoms with E-state index >= 15 is 0 Å². The molecular weight excluding hydrogens is 440 g/mol. The minimum absolute atomic E-state index is 0.0763. The van der Waals surface area contributed by atoms with Crippen LogP contribution in [0.4, 0.5) is 5.69 Å². The van der Waals surface area contributed by atoms with Crippen molar-refractivity contribution in [1.82, 2.24) is 9.88 Å². The fraction of sp³-hybridized carbons (Fsp3) is 0.375. The average molecular weight is 467 g/mol. The van der Waals surface area contributed by atoms with Gasteiger partial charge in [0, 0.05) is 36.0 Å². The van der Waals surface area contributed by atoms with Crippen molar-refractivity contribution in [3.8, 4) is 6.07 Å². The molecule has 0 aliphatic heterocycles. The van der Waals surface area contributed by atoms with Crippen LogP contribution in [0.15, 0.2) is 35.4 Å². The summed E-state index contributed by atoms with van der Waals surface area (Å²) in [5.41, 5.74) is 2.07. The molecule has 0 unspecified atom stereocenters. The van der Waals surface area contributed by atoms with E-state index in [0.717, 1.165) is 18.5 Å². The van der Waals surface area contributed by atoms with Gasteiger partial charge in [0.2, 0.25) is 0 Å². The molecule has 0 spiro atoms. The van der Waals surface area contributed by atoms with Crippen LogP contribution in [0.2, 0.25) is 0 Å². The number of rotatable bonds is 9. The van der Waals surface area contributed by atoms with Gasteiger partial charge in [-0.3, -0.25) is 9.59 Å². The smallest absolute Gasteiger partial charge is 0.340 e. The second-order valence-electron chi connectivity index (χ2n) is 7.54. The first kappa shape index (κ1) is 24.3. The number of nitrogens with one attached hydrogen (secondary N) is 1. The summed E-state index contributed by atoms with van der Waals surface area (Å²) in [6.07, 6.45) is 3.80. The lowest BCUT2D eigenvalue weighted by Crippen LogP contribution is -2.30. The molecule has 33 heavy (non-hydrogen) atoms. The molecule has 1 aromatic heterocycles. The molecule has 0 radical (unpaired) electrons. The van der Waals surface area contributed by atoms with Crippen LogP contribution in [0, 0.1) is 11.3 Å². The molecule has 8 nitrogen and oxygen atoms in total. The molecule has 3 rings (SSSR count). The number of anilines is 1. The fourth-order valence-electron chi connectivity index (χ4n) is 3.34. The van der Waals surface area contributed by atoms with Crippen molar-refractivity contribution in [2.24, 2.45) is 0 Å². The van der Waals surface area contributed by atoms with E-state index < -0.39 is 18.5 Å². The number of thioether (sulfide) groups is 1. The zero-order valence-electron chi connectivity index (χ0n) is 18.9. The van der Waals surface area contributed by atoms with Crippen LogP contribution in [-0.4, -0.2) is 53.6 Å². The maximum Gasteiger partial charge on any atom is 0.340 e. The monoisotopic (exact) mass is 466 g/mol. The number of carbonyl (C=O) groups is 3. The molecule has 1 saturated carbocycles. The molecule has 0 bridgehead atoms. The van der Waals surface area contributed by atoms with E-state index in [0.29, 0.717) is 35.3 Å². The summed E-state index contributed by atoms with van der Waals surface area (Å²) in [6, 6.07) is 10.2. The standard InChI is InChI=1S/C24H26N4O4S/c1-4-28(5-2)23(30)16-8-10-17(11-9-16)26-21(29)14-32-24(31)18-12-20(15-6-7-15)27-22(33-3)19(18)13-25/h8-12,15H,4-7,14H2,1-3H3,(H,26,29). The third-order valence-electron chi connectivity index (χ3n) is 5.33. The lowest BCUT2D eigenvalue weighted by Gasteiger charge is -2.18. The van der Waals surface area contributed by atoms with Crippen LogP contribution in [0.1, 0.15) is 64.6 Å². The van der Waals surface area contributed by atoms with Crippen LogP contribution in [0.5, 0.6) is 0 Å². The number of nitriles is 1. The Kier molecular flexibility index (Phi) is 8.06. The molecule has 1 N–H and O–H groups in total. The number of pyridine rings is 1. The zero-order valence-corrected chi connectivity index (χ0v) is 19.7. The number of hydrogen-bond donors (Lipinski definition) is 1.